The van der Waals surface area contributed by atoms with Crippen LogP contribution in [0.3, 0.4) is 0 Å². The highest BCUT2D eigenvalue weighted by molar-refractivity contribution is 14.0. The van der Waals surface area contributed by atoms with Crippen molar-refractivity contribution in [2.45, 2.75) is 32.7 Å². The maximum atomic E-state index is 11.7. The Balaban J connectivity index is 0.00000441. The van der Waals surface area contributed by atoms with Crippen molar-refractivity contribution in [1.82, 2.24) is 20.0 Å². The van der Waals surface area contributed by atoms with E-state index >= 15 is 0 Å². The number of carbonyl (C=O) groups excluding carboxylic acids is 1. The number of amides is 1. The van der Waals surface area contributed by atoms with Crippen LogP contribution in [-0.4, -0.2) is 86.5 Å². The van der Waals surface area contributed by atoms with Gasteiger partial charge in [0.2, 0.25) is 5.91 Å². The molecule has 1 aliphatic rings. The first kappa shape index (κ1) is 21.4. The van der Waals surface area contributed by atoms with Gasteiger partial charge in [0, 0.05) is 40.3 Å². The molecule has 6 nitrogen and oxygen atoms in total. The van der Waals surface area contributed by atoms with Gasteiger partial charge in [0.1, 0.15) is 6.54 Å². The summed E-state index contributed by atoms with van der Waals surface area (Å²) in [6, 6.07) is 0.591. The predicted molar refractivity (Wildman–Crippen MR) is 103 cm³/mol. The number of rotatable bonds is 6. The molecular formula is C15H32IN5O. The molecule has 0 saturated carbocycles. The third-order valence-electron chi connectivity index (χ3n) is 3.95. The van der Waals surface area contributed by atoms with Crippen LogP contribution in [0.1, 0.15) is 26.7 Å². The van der Waals surface area contributed by atoms with E-state index in [-0.39, 0.29) is 36.4 Å². The van der Waals surface area contributed by atoms with Gasteiger partial charge in [0.05, 0.1) is 0 Å². The number of likely N-dealkylation sites (tertiary alicyclic amines) is 1. The zero-order chi connectivity index (χ0) is 15.8. The molecule has 1 fully saturated rings. The lowest BCUT2D eigenvalue weighted by Crippen LogP contribution is -2.46. The lowest BCUT2D eigenvalue weighted by molar-refractivity contribution is -0.127. The molecule has 1 unspecified atom stereocenters. The number of likely N-dealkylation sites (N-methyl/N-ethyl adjacent to an activating group) is 3. The molecule has 1 saturated heterocycles. The molecule has 1 atom stereocenters. The van der Waals surface area contributed by atoms with E-state index in [1.807, 2.05) is 14.0 Å². The number of hydrogen-bond donors (Lipinski definition) is 1. The van der Waals surface area contributed by atoms with Crippen molar-refractivity contribution in [3.8, 4) is 0 Å². The number of aliphatic imine (C=N–C) groups is 1. The van der Waals surface area contributed by atoms with Crippen molar-refractivity contribution < 1.29 is 4.79 Å². The first-order valence-corrected chi connectivity index (χ1v) is 7.93. The standard InChI is InChI=1S/C15H31N5O.HI/c1-6-16-15(17-11-14(21)18(3)4)19(5)12-13-9-8-10-20(13)7-2;/h13H,6-12H2,1-5H3,(H,16,17);1H. The number of halogens is 1. The van der Waals surface area contributed by atoms with Crippen LogP contribution in [0.4, 0.5) is 0 Å². The molecule has 0 aromatic heterocycles. The van der Waals surface area contributed by atoms with E-state index in [2.05, 4.69) is 27.0 Å². The third-order valence-corrected chi connectivity index (χ3v) is 3.95. The van der Waals surface area contributed by atoms with Gasteiger partial charge in [-0.25, -0.2) is 4.99 Å². The van der Waals surface area contributed by atoms with E-state index in [1.165, 1.54) is 19.4 Å². The third kappa shape index (κ3) is 6.68. The van der Waals surface area contributed by atoms with Crippen LogP contribution in [0.15, 0.2) is 4.99 Å². The zero-order valence-electron chi connectivity index (χ0n) is 14.6. The molecule has 0 aliphatic carbocycles. The summed E-state index contributed by atoms with van der Waals surface area (Å²) >= 11 is 0. The molecule has 0 aromatic rings. The Kier molecular flexibility index (Phi) is 10.8. The van der Waals surface area contributed by atoms with Gasteiger partial charge in [-0.3, -0.25) is 9.69 Å². The fourth-order valence-electron chi connectivity index (χ4n) is 2.67. The minimum Gasteiger partial charge on any atom is -0.357 e. The normalized spacial score (nSPS) is 18.8. The van der Waals surface area contributed by atoms with Crippen LogP contribution in [0.2, 0.25) is 0 Å². The van der Waals surface area contributed by atoms with Gasteiger partial charge in [-0.2, -0.15) is 0 Å². The van der Waals surface area contributed by atoms with Crippen LogP contribution in [0.5, 0.6) is 0 Å². The van der Waals surface area contributed by atoms with E-state index in [4.69, 9.17) is 0 Å². The second kappa shape index (κ2) is 11.0. The molecule has 1 rings (SSSR count). The molecule has 1 amide bonds. The van der Waals surface area contributed by atoms with Gasteiger partial charge >= 0.3 is 0 Å². The van der Waals surface area contributed by atoms with Crippen molar-refractivity contribution in [3.05, 3.63) is 0 Å². The number of guanidine groups is 1. The fourth-order valence-corrected chi connectivity index (χ4v) is 2.67. The highest BCUT2D eigenvalue weighted by Crippen LogP contribution is 2.17. The minimum absolute atomic E-state index is 0. The summed E-state index contributed by atoms with van der Waals surface area (Å²) < 4.78 is 0. The molecule has 0 bridgehead atoms. The van der Waals surface area contributed by atoms with Crippen molar-refractivity contribution in [2.24, 2.45) is 4.99 Å². The van der Waals surface area contributed by atoms with Gasteiger partial charge in [-0.1, -0.05) is 6.92 Å². The van der Waals surface area contributed by atoms with Crippen molar-refractivity contribution >= 4 is 35.8 Å². The summed E-state index contributed by atoms with van der Waals surface area (Å²) in [5.74, 6) is 0.838. The average Bonchev–Trinajstić information content (AvgIpc) is 2.89. The van der Waals surface area contributed by atoms with Crippen LogP contribution in [-0.2, 0) is 4.79 Å². The second-order valence-corrected chi connectivity index (χ2v) is 5.76. The van der Waals surface area contributed by atoms with E-state index < -0.39 is 0 Å². The van der Waals surface area contributed by atoms with Gasteiger partial charge in [-0.05, 0) is 32.9 Å². The molecule has 1 heterocycles. The monoisotopic (exact) mass is 425 g/mol. The Morgan fingerprint density at radius 1 is 1.32 bits per heavy atom. The molecule has 0 radical (unpaired) electrons. The Hall–Kier alpha value is -0.570. The van der Waals surface area contributed by atoms with E-state index in [0.717, 1.165) is 25.6 Å². The fraction of sp³-hybridized carbons (Fsp3) is 0.867. The molecule has 7 heteroatoms. The second-order valence-electron chi connectivity index (χ2n) is 5.76. The highest BCUT2D eigenvalue weighted by atomic mass is 127. The summed E-state index contributed by atoms with van der Waals surface area (Å²) in [5, 5.41) is 3.27. The van der Waals surface area contributed by atoms with Gasteiger partial charge in [0.15, 0.2) is 5.96 Å². The van der Waals surface area contributed by atoms with Crippen molar-refractivity contribution in [3.63, 3.8) is 0 Å². The summed E-state index contributed by atoms with van der Waals surface area (Å²) in [4.78, 5) is 22.4. The highest BCUT2D eigenvalue weighted by Gasteiger charge is 2.24. The predicted octanol–water partition coefficient (Wildman–Crippen LogP) is 1.07. The molecular weight excluding hydrogens is 393 g/mol. The summed E-state index contributed by atoms with van der Waals surface area (Å²) in [6.07, 6.45) is 2.52. The number of carbonyl (C=O) groups is 1. The molecule has 0 aromatic carbocycles. The van der Waals surface area contributed by atoms with Crippen LogP contribution >= 0.6 is 24.0 Å². The van der Waals surface area contributed by atoms with Gasteiger partial charge in [-0.15, -0.1) is 24.0 Å². The average molecular weight is 425 g/mol. The lowest BCUT2D eigenvalue weighted by Gasteiger charge is -2.29. The van der Waals surface area contributed by atoms with Gasteiger partial charge in [0.25, 0.3) is 0 Å². The Morgan fingerprint density at radius 3 is 2.55 bits per heavy atom. The minimum atomic E-state index is 0. The van der Waals surface area contributed by atoms with Crippen LogP contribution in [0.25, 0.3) is 0 Å². The Bertz CT molecular complexity index is 362. The Morgan fingerprint density at radius 2 is 2.00 bits per heavy atom. The summed E-state index contributed by atoms with van der Waals surface area (Å²) in [7, 11) is 5.56. The topological polar surface area (TPSA) is 51.2 Å². The molecule has 1 N–H and O–H groups in total. The molecule has 1 aliphatic heterocycles. The largest absolute Gasteiger partial charge is 0.357 e. The molecule has 0 spiro atoms. The SMILES string of the molecule is CCNC(=NCC(=O)N(C)C)N(C)CC1CCCN1CC.I. The van der Waals surface area contributed by atoms with Crippen molar-refractivity contribution in [2.75, 3.05) is 53.9 Å². The molecule has 22 heavy (non-hydrogen) atoms. The van der Waals surface area contributed by atoms with E-state index in [1.54, 1.807) is 19.0 Å². The van der Waals surface area contributed by atoms with Gasteiger partial charge < -0.3 is 15.1 Å². The lowest BCUT2D eigenvalue weighted by atomic mass is 10.2. The van der Waals surface area contributed by atoms with E-state index in [0.29, 0.717) is 6.04 Å². The smallest absolute Gasteiger partial charge is 0.243 e. The number of nitrogens with one attached hydrogen (secondary N) is 1. The van der Waals surface area contributed by atoms with Crippen molar-refractivity contribution in [1.29, 1.82) is 0 Å². The first-order valence-electron chi connectivity index (χ1n) is 7.93. The maximum absolute atomic E-state index is 11.7. The maximum Gasteiger partial charge on any atom is 0.243 e. The quantitative estimate of drug-likeness (QED) is 0.393. The van der Waals surface area contributed by atoms with Crippen LogP contribution < -0.4 is 5.32 Å². The zero-order valence-corrected chi connectivity index (χ0v) is 17.0. The summed E-state index contributed by atoms with van der Waals surface area (Å²) in [5.41, 5.74) is 0. The number of hydrogen-bond acceptors (Lipinski definition) is 3. The van der Waals surface area contributed by atoms with E-state index in [9.17, 15) is 4.79 Å². The first-order chi connectivity index (χ1) is 9.99. The molecule has 130 valence electrons. The summed E-state index contributed by atoms with van der Waals surface area (Å²) in [6.45, 7) is 8.52. The Labute approximate surface area is 152 Å². The van der Waals surface area contributed by atoms with Crippen LogP contribution in [0, 0.1) is 0 Å². The number of nitrogens with zero attached hydrogens (tertiary/aromatic N) is 4.